The van der Waals surface area contributed by atoms with Crippen LogP contribution >= 0.6 is 0 Å². The molecule has 128 valence electrons. The van der Waals surface area contributed by atoms with E-state index in [0.717, 1.165) is 48.8 Å². The maximum Gasteiger partial charge on any atom is 0.135 e. The highest BCUT2D eigenvalue weighted by Crippen LogP contribution is 2.40. The second kappa shape index (κ2) is 5.69. The molecule has 2 atom stereocenters. The number of rotatable bonds is 1. The molecule has 0 aromatic carbocycles. The lowest BCUT2D eigenvalue weighted by Crippen LogP contribution is -2.59. The normalized spacial score (nSPS) is 30.7. The summed E-state index contributed by atoms with van der Waals surface area (Å²) in [6, 6.07) is 0. The van der Waals surface area contributed by atoms with E-state index in [4.69, 9.17) is 4.74 Å². The van der Waals surface area contributed by atoms with E-state index in [-0.39, 0.29) is 12.2 Å². The number of aliphatic hydroxyl groups excluding tert-OH is 1. The van der Waals surface area contributed by atoms with Gasteiger partial charge in [0.2, 0.25) is 0 Å². The lowest BCUT2D eigenvalue weighted by Gasteiger charge is -2.50. The third kappa shape index (κ3) is 3.07. The molecule has 0 amide bonds. The Hall–Kier alpha value is -1.24. The van der Waals surface area contributed by atoms with Gasteiger partial charge in [0.25, 0.3) is 0 Å². The molecule has 6 heteroatoms. The first kappa shape index (κ1) is 16.6. The van der Waals surface area contributed by atoms with Crippen LogP contribution in [0.2, 0.25) is 0 Å². The first-order valence-electron chi connectivity index (χ1n) is 8.34. The van der Waals surface area contributed by atoms with Crippen LogP contribution < -0.4 is 4.90 Å². The van der Waals surface area contributed by atoms with Gasteiger partial charge in [-0.3, -0.25) is 0 Å². The number of ether oxygens (including phenoxy) is 1. The smallest absolute Gasteiger partial charge is 0.135 e. The van der Waals surface area contributed by atoms with Crippen LogP contribution in [0.3, 0.4) is 0 Å². The first-order valence-corrected chi connectivity index (χ1v) is 8.34. The minimum Gasteiger partial charge on any atom is -0.388 e. The minimum absolute atomic E-state index is 0.206. The molecular formula is C17H27N3O3. The maximum absolute atomic E-state index is 10.4. The van der Waals surface area contributed by atoms with Crippen LogP contribution in [0.15, 0.2) is 0 Å². The lowest BCUT2D eigenvalue weighted by atomic mass is 9.76. The molecule has 1 aromatic rings. The van der Waals surface area contributed by atoms with Crippen LogP contribution in [0.25, 0.3) is 0 Å². The predicted octanol–water partition coefficient (Wildman–Crippen LogP) is 1.27. The molecule has 3 heterocycles. The number of aryl methyl sites for hydroxylation is 2. The van der Waals surface area contributed by atoms with Crippen molar-refractivity contribution >= 4 is 5.82 Å². The van der Waals surface area contributed by atoms with Crippen LogP contribution in [0.1, 0.15) is 43.3 Å². The van der Waals surface area contributed by atoms with Gasteiger partial charge in [-0.05, 0) is 40.5 Å². The van der Waals surface area contributed by atoms with E-state index >= 15 is 0 Å². The van der Waals surface area contributed by atoms with Crippen LogP contribution in [-0.2, 0) is 4.74 Å². The van der Waals surface area contributed by atoms with E-state index < -0.39 is 11.7 Å². The van der Waals surface area contributed by atoms with Crippen molar-refractivity contribution in [1.29, 1.82) is 0 Å². The third-order valence-corrected chi connectivity index (χ3v) is 5.39. The summed E-state index contributed by atoms with van der Waals surface area (Å²) >= 11 is 0. The molecule has 0 saturated carbocycles. The molecule has 1 spiro atoms. The van der Waals surface area contributed by atoms with Crippen LogP contribution in [0, 0.1) is 20.8 Å². The molecule has 0 aliphatic carbocycles. The van der Waals surface area contributed by atoms with E-state index in [1.807, 2.05) is 13.8 Å². The van der Waals surface area contributed by atoms with Crippen molar-refractivity contribution < 1.29 is 14.9 Å². The number of nitrogens with zero attached hydrogens (tertiary/aromatic N) is 3. The maximum atomic E-state index is 10.4. The SMILES string of the molecule is Cc1nc(C)c(C)c(N2CCC3(CC2)C[C@](C)(O)[C@@H](O)CO3)n1. The zero-order chi connectivity index (χ0) is 16.8. The van der Waals surface area contributed by atoms with Crippen molar-refractivity contribution in [2.45, 2.75) is 64.3 Å². The van der Waals surface area contributed by atoms with Gasteiger partial charge in [-0.1, -0.05) is 0 Å². The van der Waals surface area contributed by atoms with Crippen LogP contribution in [-0.4, -0.2) is 57.2 Å². The monoisotopic (exact) mass is 321 g/mol. The second-order valence-corrected chi connectivity index (χ2v) is 7.34. The van der Waals surface area contributed by atoms with E-state index in [0.29, 0.717) is 6.42 Å². The molecular weight excluding hydrogens is 294 g/mol. The van der Waals surface area contributed by atoms with Crippen molar-refractivity contribution in [2.75, 3.05) is 24.6 Å². The highest BCUT2D eigenvalue weighted by Gasteiger charge is 2.48. The number of hydrogen-bond donors (Lipinski definition) is 2. The number of aliphatic hydroxyl groups is 2. The summed E-state index contributed by atoms with van der Waals surface area (Å²) in [6.45, 7) is 9.58. The molecule has 2 N–H and O–H groups in total. The Morgan fingerprint density at radius 1 is 1.17 bits per heavy atom. The van der Waals surface area contributed by atoms with E-state index in [1.54, 1.807) is 6.92 Å². The van der Waals surface area contributed by atoms with Gasteiger partial charge in [-0.2, -0.15) is 0 Å². The summed E-state index contributed by atoms with van der Waals surface area (Å²) in [6.07, 6.45) is 1.34. The van der Waals surface area contributed by atoms with Gasteiger partial charge in [-0.15, -0.1) is 0 Å². The Morgan fingerprint density at radius 2 is 1.83 bits per heavy atom. The quantitative estimate of drug-likeness (QED) is 0.811. The Labute approximate surface area is 137 Å². The minimum atomic E-state index is -1.07. The van der Waals surface area contributed by atoms with Gasteiger partial charge >= 0.3 is 0 Å². The fourth-order valence-electron chi connectivity index (χ4n) is 3.76. The van der Waals surface area contributed by atoms with Crippen molar-refractivity contribution in [2.24, 2.45) is 0 Å². The summed E-state index contributed by atoms with van der Waals surface area (Å²) in [7, 11) is 0. The third-order valence-electron chi connectivity index (χ3n) is 5.39. The average Bonchev–Trinajstić information content (AvgIpc) is 2.48. The average molecular weight is 321 g/mol. The molecule has 0 bridgehead atoms. The summed E-state index contributed by atoms with van der Waals surface area (Å²) < 4.78 is 5.95. The van der Waals surface area contributed by atoms with Gasteiger partial charge in [0.05, 0.1) is 17.8 Å². The number of piperidine rings is 1. The fourth-order valence-corrected chi connectivity index (χ4v) is 3.76. The highest BCUT2D eigenvalue weighted by atomic mass is 16.5. The van der Waals surface area contributed by atoms with Gasteiger partial charge in [0.15, 0.2) is 0 Å². The molecule has 1 aromatic heterocycles. The van der Waals surface area contributed by atoms with Crippen molar-refractivity contribution in [3.63, 3.8) is 0 Å². The van der Waals surface area contributed by atoms with Gasteiger partial charge in [0.1, 0.15) is 17.7 Å². The first-order chi connectivity index (χ1) is 10.7. The molecule has 2 aliphatic rings. The van der Waals surface area contributed by atoms with E-state index in [9.17, 15) is 10.2 Å². The topological polar surface area (TPSA) is 78.7 Å². The van der Waals surface area contributed by atoms with Crippen LogP contribution in [0.4, 0.5) is 5.82 Å². The summed E-state index contributed by atoms with van der Waals surface area (Å²) in [5.74, 6) is 1.80. The molecule has 2 saturated heterocycles. The Balaban J connectivity index is 1.74. The number of aromatic nitrogens is 2. The molecule has 6 nitrogen and oxygen atoms in total. The Bertz CT molecular complexity index is 595. The Morgan fingerprint density at radius 3 is 2.43 bits per heavy atom. The molecule has 2 fully saturated rings. The zero-order valence-electron chi connectivity index (χ0n) is 14.5. The molecule has 3 rings (SSSR count). The Kier molecular flexibility index (Phi) is 4.11. The van der Waals surface area contributed by atoms with Crippen LogP contribution in [0.5, 0.6) is 0 Å². The van der Waals surface area contributed by atoms with E-state index in [2.05, 4.69) is 21.8 Å². The van der Waals surface area contributed by atoms with Gasteiger partial charge in [0, 0.05) is 30.8 Å². The standard InChI is InChI=1S/C17H27N3O3/c1-11-12(2)18-13(3)19-15(11)20-7-5-17(6-8-20)10-16(4,22)14(21)9-23-17/h14,21-22H,5-10H2,1-4H3/t14-,16-/m0/s1. The lowest BCUT2D eigenvalue weighted by molar-refractivity contribution is -0.216. The fraction of sp³-hybridized carbons (Fsp3) is 0.765. The van der Waals surface area contributed by atoms with Crippen molar-refractivity contribution in [3.05, 3.63) is 17.1 Å². The summed E-state index contributed by atoms with van der Waals surface area (Å²) in [5.41, 5.74) is 0.745. The number of hydrogen-bond acceptors (Lipinski definition) is 6. The van der Waals surface area contributed by atoms with Gasteiger partial charge in [-0.25, -0.2) is 9.97 Å². The molecule has 0 radical (unpaired) electrons. The van der Waals surface area contributed by atoms with E-state index in [1.165, 1.54) is 0 Å². The van der Waals surface area contributed by atoms with Crippen molar-refractivity contribution in [3.8, 4) is 0 Å². The zero-order valence-corrected chi connectivity index (χ0v) is 14.5. The number of anilines is 1. The second-order valence-electron chi connectivity index (χ2n) is 7.34. The van der Waals surface area contributed by atoms with Gasteiger partial charge < -0.3 is 19.8 Å². The predicted molar refractivity (Wildman–Crippen MR) is 87.6 cm³/mol. The summed E-state index contributed by atoms with van der Waals surface area (Å²) in [5, 5.41) is 20.3. The highest BCUT2D eigenvalue weighted by molar-refractivity contribution is 5.48. The molecule has 0 unspecified atom stereocenters. The molecule has 23 heavy (non-hydrogen) atoms. The van der Waals surface area contributed by atoms with Crippen molar-refractivity contribution in [1.82, 2.24) is 9.97 Å². The molecule has 2 aliphatic heterocycles. The largest absolute Gasteiger partial charge is 0.388 e. The summed E-state index contributed by atoms with van der Waals surface area (Å²) in [4.78, 5) is 11.3.